The van der Waals surface area contributed by atoms with Crippen LogP contribution in [-0.4, -0.2) is 20.0 Å². The first-order valence-electron chi connectivity index (χ1n) is 5.83. The second-order valence-electron chi connectivity index (χ2n) is 4.17. The van der Waals surface area contributed by atoms with E-state index in [1.807, 2.05) is 19.1 Å². The SMILES string of the molecule is COc1cc(Br)c(O[C@@H]2CCCCO2)cc1C. The summed E-state index contributed by atoms with van der Waals surface area (Å²) in [6, 6.07) is 3.90. The average molecular weight is 301 g/mol. The van der Waals surface area contributed by atoms with Crippen LogP contribution in [0, 0.1) is 6.92 Å². The monoisotopic (exact) mass is 300 g/mol. The van der Waals surface area contributed by atoms with Crippen LogP contribution in [-0.2, 0) is 4.74 Å². The molecule has 1 aliphatic rings. The predicted molar refractivity (Wildman–Crippen MR) is 69.7 cm³/mol. The van der Waals surface area contributed by atoms with E-state index in [2.05, 4.69) is 15.9 Å². The Morgan fingerprint density at radius 2 is 2.12 bits per heavy atom. The molecule has 1 heterocycles. The molecule has 0 aromatic heterocycles. The summed E-state index contributed by atoms with van der Waals surface area (Å²) < 4.78 is 17.6. The Morgan fingerprint density at radius 3 is 2.76 bits per heavy atom. The number of ether oxygens (including phenoxy) is 3. The highest BCUT2D eigenvalue weighted by Gasteiger charge is 2.17. The van der Waals surface area contributed by atoms with Crippen molar-refractivity contribution in [2.45, 2.75) is 32.5 Å². The highest BCUT2D eigenvalue weighted by atomic mass is 79.9. The van der Waals surface area contributed by atoms with Crippen LogP contribution in [0.5, 0.6) is 11.5 Å². The molecule has 94 valence electrons. The van der Waals surface area contributed by atoms with Crippen LogP contribution < -0.4 is 9.47 Å². The molecule has 17 heavy (non-hydrogen) atoms. The van der Waals surface area contributed by atoms with Gasteiger partial charge in [0.05, 0.1) is 18.2 Å². The van der Waals surface area contributed by atoms with E-state index in [-0.39, 0.29) is 6.29 Å². The fraction of sp³-hybridized carbons (Fsp3) is 0.538. The number of aryl methyl sites for hydroxylation is 1. The highest BCUT2D eigenvalue weighted by molar-refractivity contribution is 9.10. The maximum Gasteiger partial charge on any atom is 0.199 e. The number of benzene rings is 1. The van der Waals surface area contributed by atoms with Gasteiger partial charge in [0, 0.05) is 6.42 Å². The molecule has 0 saturated carbocycles. The molecular weight excluding hydrogens is 284 g/mol. The molecule has 4 heteroatoms. The third-order valence-corrected chi connectivity index (χ3v) is 3.47. The van der Waals surface area contributed by atoms with E-state index in [1.54, 1.807) is 7.11 Å². The van der Waals surface area contributed by atoms with Crippen molar-refractivity contribution in [1.29, 1.82) is 0 Å². The summed E-state index contributed by atoms with van der Waals surface area (Å²) in [6.45, 7) is 2.79. The Labute approximate surface area is 110 Å². The van der Waals surface area contributed by atoms with Gasteiger partial charge < -0.3 is 14.2 Å². The summed E-state index contributed by atoms with van der Waals surface area (Å²) in [5.74, 6) is 1.67. The summed E-state index contributed by atoms with van der Waals surface area (Å²) in [5.41, 5.74) is 1.06. The first kappa shape index (κ1) is 12.7. The number of hydrogen-bond acceptors (Lipinski definition) is 3. The number of hydrogen-bond donors (Lipinski definition) is 0. The number of rotatable bonds is 3. The van der Waals surface area contributed by atoms with Gasteiger partial charge in [-0.1, -0.05) is 0 Å². The summed E-state index contributed by atoms with van der Waals surface area (Å²) >= 11 is 3.49. The molecule has 1 aromatic rings. The summed E-state index contributed by atoms with van der Waals surface area (Å²) in [5, 5.41) is 0. The number of methoxy groups -OCH3 is 1. The first-order valence-corrected chi connectivity index (χ1v) is 6.62. The van der Waals surface area contributed by atoms with Crippen molar-refractivity contribution in [2.24, 2.45) is 0 Å². The van der Waals surface area contributed by atoms with Gasteiger partial charge in [-0.3, -0.25) is 0 Å². The molecule has 0 spiro atoms. The van der Waals surface area contributed by atoms with Gasteiger partial charge in [0.2, 0.25) is 0 Å². The Bertz CT molecular complexity index is 386. The Balaban J connectivity index is 2.12. The van der Waals surface area contributed by atoms with Gasteiger partial charge in [-0.2, -0.15) is 0 Å². The predicted octanol–water partition coefficient (Wildman–Crippen LogP) is 3.67. The third kappa shape index (κ3) is 3.13. The molecule has 3 nitrogen and oxygen atoms in total. The first-order chi connectivity index (χ1) is 8.20. The van der Waals surface area contributed by atoms with Crippen LogP contribution in [0.15, 0.2) is 16.6 Å². The van der Waals surface area contributed by atoms with Crippen molar-refractivity contribution in [2.75, 3.05) is 13.7 Å². The van der Waals surface area contributed by atoms with Gasteiger partial charge in [0.15, 0.2) is 6.29 Å². The minimum atomic E-state index is -0.118. The molecule has 0 unspecified atom stereocenters. The van der Waals surface area contributed by atoms with Gasteiger partial charge in [-0.15, -0.1) is 0 Å². The molecule has 1 atom stereocenters. The van der Waals surface area contributed by atoms with E-state index in [0.717, 1.165) is 47.4 Å². The van der Waals surface area contributed by atoms with Crippen molar-refractivity contribution in [3.63, 3.8) is 0 Å². The van der Waals surface area contributed by atoms with Crippen LogP contribution in [0.25, 0.3) is 0 Å². The van der Waals surface area contributed by atoms with E-state index in [9.17, 15) is 0 Å². The van der Waals surface area contributed by atoms with E-state index in [0.29, 0.717) is 0 Å². The lowest BCUT2D eigenvalue weighted by molar-refractivity contribution is -0.106. The van der Waals surface area contributed by atoms with Gasteiger partial charge in [0.25, 0.3) is 0 Å². The zero-order valence-electron chi connectivity index (χ0n) is 10.2. The summed E-state index contributed by atoms with van der Waals surface area (Å²) in [7, 11) is 1.67. The fourth-order valence-corrected chi connectivity index (χ4v) is 2.31. The van der Waals surface area contributed by atoms with Crippen LogP contribution in [0.1, 0.15) is 24.8 Å². The van der Waals surface area contributed by atoms with E-state index < -0.39 is 0 Å². The molecule has 1 saturated heterocycles. The Kier molecular flexibility index (Phi) is 4.29. The molecule has 0 N–H and O–H groups in total. The van der Waals surface area contributed by atoms with Gasteiger partial charge in [0.1, 0.15) is 11.5 Å². The molecule has 0 amide bonds. The zero-order chi connectivity index (χ0) is 12.3. The van der Waals surface area contributed by atoms with Gasteiger partial charge in [-0.05, 0) is 53.4 Å². The standard InChI is InChI=1S/C13H17BrO3/c1-9-7-12(10(14)8-11(9)15-2)17-13-5-3-4-6-16-13/h7-8,13H,3-6H2,1-2H3/t13-/m1/s1. The molecule has 1 fully saturated rings. The van der Waals surface area contributed by atoms with Crippen LogP contribution in [0.4, 0.5) is 0 Å². The second-order valence-corrected chi connectivity index (χ2v) is 5.02. The van der Waals surface area contributed by atoms with Crippen molar-refractivity contribution in [3.05, 3.63) is 22.2 Å². The molecule has 0 bridgehead atoms. The van der Waals surface area contributed by atoms with Crippen molar-refractivity contribution in [1.82, 2.24) is 0 Å². The minimum Gasteiger partial charge on any atom is -0.496 e. The fourth-order valence-electron chi connectivity index (χ4n) is 1.89. The van der Waals surface area contributed by atoms with Gasteiger partial charge in [-0.25, -0.2) is 0 Å². The maximum atomic E-state index is 5.84. The molecule has 0 radical (unpaired) electrons. The lowest BCUT2D eigenvalue weighted by Gasteiger charge is -2.24. The Morgan fingerprint density at radius 1 is 1.29 bits per heavy atom. The smallest absolute Gasteiger partial charge is 0.199 e. The maximum absolute atomic E-state index is 5.84. The highest BCUT2D eigenvalue weighted by Crippen LogP contribution is 2.33. The van der Waals surface area contributed by atoms with Crippen LogP contribution in [0.2, 0.25) is 0 Å². The topological polar surface area (TPSA) is 27.7 Å². The zero-order valence-corrected chi connectivity index (χ0v) is 11.7. The summed E-state index contributed by atoms with van der Waals surface area (Å²) in [4.78, 5) is 0. The van der Waals surface area contributed by atoms with Crippen LogP contribution in [0.3, 0.4) is 0 Å². The van der Waals surface area contributed by atoms with E-state index >= 15 is 0 Å². The molecular formula is C13H17BrO3. The quantitative estimate of drug-likeness (QED) is 0.852. The molecule has 1 aliphatic heterocycles. The lowest BCUT2D eigenvalue weighted by Crippen LogP contribution is -2.25. The molecule has 2 rings (SSSR count). The van der Waals surface area contributed by atoms with E-state index in [4.69, 9.17) is 14.2 Å². The van der Waals surface area contributed by atoms with Crippen molar-refractivity contribution in [3.8, 4) is 11.5 Å². The lowest BCUT2D eigenvalue weighted by atomic mass is 10.2. The largest absolute Gasteiger partial charge is 0.496 e. The van der Waals surface area contributed by atoms with Crippen LogP contribution >= 0.6 is 15.9 Å². The minimum absolute atomic E-state index is 0.118. The number of halogens is 1. The second kappa shape index (κ2) is 5.74. The molecule has 1 aromatic carbocycles. The van der Waals surface area contributed by atoms with E-state index in [1.165, 1.54) is 0 Å². The summed E-state index contributed by atoms with van der Waals surface area (Å²) in [6.07, 6.45) is 3.13. The third-order valence-electron chi connectivity index (χ3n) is 2.85. The van der Waals surface area contributed by atoms with Crippen molar-refractivity contribution < 1.29 is 14.2 Å². The average Bonchev–Trinajstić information content (AvgIpc) is 2.34. The molecule has 0 aliphatic carbocycles. The Hall–Kier alpha value is -0.740. The van der Waals surface area contributed by atoms with Crippen molar-refractivity contribution >= 4 is 15.9 Å². The normalized spacial score (nSPS) is 20.1. The van der Waals surface area contributed by atoms with Gasteiger partial charge >= 0.3 is 0 Å².